The van der Waals surface area contributed by atoms with E-state index >= 15 is 0 Å². The van der Waals surface area contributed by atoms with Crippen molar-refractivity contribution in [2.45, 2.75) is 25.7 Å². The molecule has 1 aliphatic carbocycles. The molecule has 1 saturated carbocycles. The summed E-state index contributed by atoms with van der Waals surface area (Å²) < 4.78 is 5.62. The maximum Gasteiger partial charge on any atom is 0.251 e. The number of hydrogen-bond donors (Lipinski definition) is 2. The Morgan fingerprint density at radius 2 is 1.81 bits per heavy atom. The molecule has 0 aliphatic heterocycles. The molecule has 0 saturated heterocycles. The summed E-state index contributed by atoms with van der Waals surface area (Å²) in [6.07, 6.45) is 5.73. The van der Waals surface area contributed by atoms with Crippen LogP contribution in [0.3, 0.4) is 0 Å². The van der Waals surface area contributed by atoms with Crippen LogP contribution in [0.4, 0.5) is 0 Å². The first-order chi connectivity index (χ1) is 12.6. The Morgan fingerprint density at radius 1 is 1.12 bits per heavy atom. The summed E-state index contributed by atoms with van der Waals surface area (Å²) >= 11 is 5.80. The molecular weight excluding hydrogens is 352 g/mol. The fourth-order valence-corrected chi connectivity index (χ4v) is 3.29. The molecule has 0 bridgehead atoms. The number of pyridine rings is 1. The van der Waals surface area contributed by atoms with Gasteiger partial charge in [0.1, 0.15) is 5.75 Å². The molecule has 1 heterocycles. The second kappa shape index (κ2) is 9.01. The molecule has 1 fully saturated rings. The summed E-state index contributed by atoms with van der Waals surface area (Å²) in [5, 5.41) is 12.7. The Kier molecular flexibility index (Phi) is 6.47. The van der Waals surface area contributed by atoms with E-state index in [-0.39, 0.29) is 12.5 Å². The van der Waals surface area contributed by atoms with E-state index in [9.17, 15) is 9.90 Å². The highest BCUT2D eigenvalue weighted by atomic mass is 35.5. The van der Waals surface area contributed by atoms with E-state index in [2.05, 4.69) is 10.3 Å². The van der Waals surface area contributed by atoms with Crippen LogP contribution in [0.5, 0.6) is 11.6 Å². The molecule has 0 unspecified atom stereocenters. The van der Waals surface area contributed by atoms with E-state index in [4.69, 9.17) is 16.3 Å². The maximum absolute atomic E-state index is 12.3. The summed E-state index contributed by atoms with van der Waals surface area (Å²) in [4.78, 5) is 16.4. The van der Waals surface area contributed by atoms with Crippen molar-refractivity contribution in [1.29, 1.82) is 0 Å². The predicted molar refractivity (Wildman–Crippen MR) is 101 cm³/mol. The van der Waals surface area contributed by atoms with Gasteiger partial charge in [0.15, 0.2) is 0 Å². The van der Waals surface area contributed by atoms with Gasteiger partial charge in [-0.05, 0) is 67.9 Å². The molecule has 1 amide bonds. The highest BCUT2D eigenvalue weighted by molar-refractivity contribution is 6.30. The summed E-state index contributed by atoms with van der Waals surface area (Å²) in [6, 6.07) is 10.4. The van der Waals surface area contributed by atoms with Gasteiger partial charge < -0.3 is 15.2 Å². The zero-order valence-corrected chi connectivity index (χ0v) is 15.3. The summed E-state index contributed by atoms with van der Waals surface area (Å²) in [5.41, 5.74) is 0.602. The van der Waals surface area contributed by atoms with E-state index in [1.165, 1.54) is 6.20 Å². The molecular formula is C20H23ClN2O3. The molecule has 1 aromatic carbocycles. The zero-order valence-electron chi connectivity index (χ0n) is 14.5. The highest BCUT2D eigenvalue weighted by Gasteiger charge is 2.21. The Hall–Kier alpha value is -2.11. The molecule has 5 nitrogen and oxygen atoms in total. The molecule has 26 heavy (non-hydrogen) atoms. The molecule has 3 rings (SSSR count). The van der Waals surface area contributed by atoms with Crippen LogP contribution in [-0.4, -0.2) is 29.1 Å². The standard InChI is InChI=1S/C20H23ClN2O3/c21-17-7-10-19(22-12-17)26-18-8-5-16(6-9-18)20(25)23-11-14-1-3-15(13-24)4-2-14/h5-10,12,14-15,24H,1-4,11,13H2,(H,23,25). The van der Waals surface area contributed by atoms with Crippen molar-refractivity contribution >= 4 is 17.5 Å². The molecule has 0 spiro atoms. The van der Waals surface area contributed by atoms with Gasteiger partial charge in [0.25, 0.3) is 5.91 Å². The van der Waals surface area contributed by atoms with Crippen LogP contribution in [0.25, 0.3) is 0 Å². The van der Waals surface area contributed by atoms with Gasteiger partial charge in [0, 0.05) is 31.0 Å². The van der Waals surface area contributed by atoms with Gasteiger partial charge in [0.2, 0.25) is 5.88 Å². The van der Waals surface area contributed by atoms with Crippen molar-refractivity contribution in [3.8, 4) is 11.6 Å². The Bertz CT molecular complexity index is 711. The number of hydrogen-bond acceptors (Lipinski definition) is 4. The molecule has 1 aliphatic rings. The fraction of sp³-hybridized carbons (Fsp3) is 0.400. The van der Waals surface area contributed by atoms with Crippen molar-refractivity contribution in [1.82, 2.24) is 10.3 Å². The number of halogens is 1. The Balaban J connectivity index is 1.48. The van der Waals surface area contributed by atoms with Crippen LogP contribution in [0.2, 0.25) is 5.02 Å². The van der Waals surface area contributed by atoms with Gasteiger partial charge in [0.05, 0.1) is 5.02 Å². The lowest BCUT2D eigenvalue weighted by Crippen LogP contribution is -2.31. The number of nitrogens with zero attached hydrogens (tertiary/aromatic N) is 1. The van der Waals surface area contributed by atoms with Crippen LogP contribution in [0.1, 0.15) is 36.0 Å². The van der Waals surface area contributed by atoms with Gasteiger partial charge in [-0.15, -0.1) is 0 Å². The minimum absolute atomic E-state index is 0.0783. The molecule has 6 heteroatoms. The van der Waals surface area contributed by atoms with Gasteiger partial charge >= 0.3 is 0 Å². The van der Waals surface area contributed by atoms with Crippen molar-refractivity contribution in [2.75, 3.05) is 13.2 Å². The number of rotatable bonds is 6. The first-order valence-corrected chi connectivity index (χ1v) is 9.30. The lowest BCUT2D eigenvalue weighted by Gasteiger charge is -2.27. The molecule has 0 atom stereocenters. The van der Waals surface area contributed by atoms with Crippen molar-refractivity contribution in [3.05, 3.63) is 53.2 Å². The number of ether oxygens (including phenoxy) is 1. The highest BCUT2D eigenvalue weighted by Crippen LogP contribution is 2.28. The van der Waals surface area contributed by atoms with Crippen LogP contribution in [0.15, 0.2) is 42.6 Å². The number of aliphatic hydroxyl groups is 1. The number of carbonyl (C=O) groups excluding carboxylic acids is 1. The second-order valence-corrected chi connectivity index (χ2v) is 7.16. The van der Waals surface area contributed by atoms with Crippen LogP contribution in [-0.2, 0) is 0 Å². The largest absolute Gasteiger partial charge is 0.439 e. The van der Waals surface area contributed by atoms with Gasteiger partial charge in [-0.25, -0.2) is 4.98 Å². The average Bonchev–Trinajstić information content (AvgIpc) is 2.69. The molecule has 2 aromatic rings. The van der Waals surface area contributed by atoms with Gasteiger partial charge in [-0.3, -0.25) is 4.79 Å². The number of amides is 1. The summed E-state index contributed by atoms with van der Waals surface area (Å²) in [5.74, 6) is 1.92. The molecule has 0 radical (unpaired) electrons. The second-order valence-electron chi connectivity index (χ2n) is 6.72. The van der Waals surface area contributed by atoms with Crippen molar-refractivity contribution in [2.24, 2.45) is 11.8 Å². The van der Waals surface area contributed by atoms with Crippen molar-refractivity contribution in [3.63, 3.8) is 0 Å². The third-order valence-corrected chi connectivity index (χ3v) is 5.04. The third-order valence-electron chi connectivity index (χ3n) is 4.81. The molecule has 2 N–H and O–H groups in total. The van der Waals surface area contributed by atoms with E-state index in [0.29, 0.717) is 40.6 Å². The smallest absolute Gasteiger partial charge is 0.251 e. The van der Waals surface area contributed by atoms with Crippen LogP contribution in [0, 0.1) is 11.8 Å². The van der Waals surface area contributed by atoms with E-state index in [1.54, 1.807) is 36.4 Å². The monoisotopic (exact) mass is 374 g/mol. The third kappa shape index (κ3) is 5.19. The number of nitrogens with one attached hydrogen (secondary N) is 1. The minimum atomic E-state index is -0.0783. The summed E-state index contributed by atoms with van der Waals surface area (Å²) in [6.45, 7) is 0.961. The van der Waals surface area contributed by atoms with E-state index in [0.717, 1.165) is 25.7 Å². The van der Waals surface area contributed by atoms with Crippen molar-refractivity contribution < 1.29 is 14.6 Å². The molecule has 1 aromatic heterocycles. The average molecular weight is 375 g/mol. The first kappa shape index (κ1) is 18.7. The molecule has 138 valence electrons. The lowest BCUT2D eigenvalue weighted by molar-refractivity contribution is 0.0937. The Labute approximate surface area is 158 Å². The lowest BCUT2D eigenvalue weighted by atomic mass is 9.82. The van der Waals surface area contributed by atoms with Crippen LogP contribution >= 0.6 is 11.6 Å². The SMILES string of the molecule is O=C(NCC1CCC(CO)CC1)c1ccc(Oc2ccc(Cl)cn2)cc1. The zero-order chi connectivity index (χ0) is 18.4. The maximum atomic E-state index is 12.3. The predicted octanol–water partition coefficient (Wildman–Crippen LogP) is 4.06. The number of carbonyl (C=O) groups is 1. The number of benzene rings is 1. The number of aliphatic hydroxyl groups excluding tert-OH is 1. The van der Waals surface area contributed by atoms with E-state index < -0.39 is 0 Å². The first-order valence-electron chi connectivity index (χ1n) is 8.92. The van der Waals surface area contributed by atoms with Gasteiger partial charge in [-0.2, -0.15) is 0 Å². The minimum Gasteiger partial charge on any atom is -0.439 e. The summed E-state index contributed by atoms with van der Waals surface area (Å²) in [7, 11) is 0. The Morgan fingerprint density at radius 3 is 2.42 bits per heavy atom. The topological polar surface area (TPSA) is 71.5 Å². The van der Waals surface area contributed by atoms with Crippen LogP contribution < -0.4 is 10.1 Å². The van der Waals surface area contributed by atoms with Gasteiger partial charge in [-0.1, -0.05) is 11.6 Å². The van der Waals surface area contributed by atoms with E-state index in [1.807, 2.05) is 0 Å². The normalized spacial score (nSPS) is 19.8. The quantitative estimate of drug-likeness (QED) is 0.799. The fourth-order valence-electron chi connectivity index (χ4n) is 3.18. The number of aromatic nitrogens is 1.